The van der Waals surface area contributed by atoms with E-state index in [1.54, 1.807) is 0 Å². The molecular weight excluding hydrogens is 178 g/mol. The smallest absolute Gasteiger partial charge is 0.0607 e. The molecule has 0 aromatic carbocycles. The molecule has 84 valence electrons. The van der Waals surface area contributed by atoms with Gasteiger partial charge in [0.1, 0.15) is 0 Å². The molecule has 0 aromatic rings. The summed E-state index contributed by atoms with van der Waals surface area (Å²) < 4.78 is 0. The molecule has 0 bridgehead atoms. The highest BCUT2D eigenvalue weighted by Crippen LogP contribution is 2.26. The Morgan fingerprint density at radius 2 is 2.00 bits per heavy atom. The topological polar surface area (TPSA) is 52.5 Å². The van der Waals surface area contributed by atoms with Crippen LogP contribution in [0.4, 0.5) is 0 Å². The van der Waals surface area contributed by atoms with E-state index in [0.717, 1.165) is 5.92 Å². The number of rotatable bonds is 5. The molecule has 1 rings (SSSR count). The van der Waals surface area contributed by atoms with Crippen LogP contribution < -0.4 is 5.32 Å². The summed E-state index contributed by atoms with van der Waals surface area (Å²) in [6, 6.07) is 0.369. The average molecular weight is 201 g/mol. The van der Waals surface area contributed by atoms with Crippen molar-refractivity contribution in [2.45, 2.75) is 51.1 Å². The van der Waals surface area contributed by atoms with E-state index in [9.17, 15) is 0 Å². The predicted octanol–water partition coefficient (Wildman–Crippen LogP) is 0.898. The van der Waals surface area contributed by atoms with Crippen molar-refractivity contribution in [2.75, 3.05) is 13.2 Å². The van der Waals surface area contributed by atoms with Gasteiger partial charge < -0.3 is 15.5 Å². The summed E-state index contributed by atoms with van der Waals surface area (Å²) in [5.74, 6) is 0.833. The first-order valence-electron chi connectivity index (χ1n) is 5.77. The molecule has 14 heavy (non-hydrogen) atoms. The van der Waals surface area contributed by atoms with Gasteiger partial charge in [-0.2, -0.15) is 0 Å². The molecule has 0 spiro atoms. The van der Waals surface area contributed by atoms with Crippen molar-refractivity contribution < 1.29 is 10.2 Å². The lowest BCUT2D eigenvalue weighted by Gasteiger charge is -2.31. The molecule has 0 aliphatic heterocycles. The highest BCUT2D eigenvalue weighted by Gasteiger charge is 2.22. The van der Waals surface area contributed by atoms with E-state index in [4.69, 9.17) is 10.2 Å². The van der Waals surface area contributed by atoms with Crippen LogP contribution >= 0.6 is 0 Å². The zero-order valence-electron chi connectivity index (χ0n) is 9.08. The molecule has 0 saturated heterocycles. The highest BCUT2D eigenvalue weighted by atomic mass is 16.3. The zero-order valence-corrected chi connectivity index (χ0v) is 9.08. The van der Waals surface area contributed by atoms with Gasteiger partial charge in [0, 0.05) is 6.04 Å². The van der Waals surface area contributed by atoms with Gasteiger partial charge in [-0.3, -0.25) is 0 Å². The maximum atomic E-state index is 8.96. The van der Waals surface area contributed by atoms with Gasteiger partial charge in [-0.25, -0.2) is 0 Å². The number of nitrogens with one attached hydrogen (secondary N) is 1. The van der Waals surface area contributed by atoms with Crippen molar-refractivity contribution in [3.63, 3.8) is 0 Å². The summed E-state index contributed by atoms with van der Waals surface area (Å²) in [4.78, 5) is 0. The Labute approximate surface area is 86.5 Å². The maximum Gasteiger partial charge on any atom is 0.0607 e. The second kappa shape index (κ2) is 6.38. The van der Waals surface area contributed by atoms with Gasteiger partial charge >= 0.3 is 0 Å². The van der Waals surface area contributed by atoms with Gasteiger partial charge in [-0.05, 0) is 18.8 Å². The maximum absolute atomic E-state index is 8.96. The van der Waals surface area contributed by atoms with Crippen LogP contribution in [0.15, 0.2) is 0 Å². The van der Waals surface area contributed by atoms with E-state index in [1.165, 1.54) is 32.1 Å². The molecule has 2 unspecified atom stereocenters. The van der Waals surface area contributed by atoms with E-state index in [2.05, 4.69) is 12.2 Å². The van der Waals surface area contributed by atoms with Crippen LogP contribution in [0.1, 0.15) is 39.0 Å². The second-order valence-corrected chi connectivity index (χ2v) is 4.37. The van der Waals surface area contributed by atoms with Crippen LogP contribution in [0.2, 0.25) is 0 Å². The summed E-state index contributed by atoms with van der Waals surface area (Å²) >= 11 is 0. The number of hydrogen-bond acceptors (Lipinski definition) is 3. The van der Waals surface area contributed by atoms with Gasteiger partial charge in [-0.1, -0.05) is 26.2 Å². The molecule has 3 heteroatoms. The lowest BCUT2D eigenvalue weighted by Crippen LogP contribution is -2.44. The van der Waals surface area contributed by atoms with E-state index < -0.39 is 0 Å². The van der Waals surface area contributed by atoms with Gasteiger partial charge in [0.25, 0.3) is 0 Å². The summed E-state index contributed by atoms with van der Waals surface area (Å²) in [7, 11) is 0. The first kappa shape index (κ1) is 12.0. The monoisotopic (exact) mass is 201 g/mol. The third-order valence-corrected chi connectivity index (χ3v) is 3.27. The third-order valence-electron chi connectivity index (χ3n) is 3.27. The Hall–Kier alpha value is -0.120. The molecular formula is C11H23NO2. The largest absolute Gasteiger partial charge is 0.395 e. The van der Waals surface area contributed by atoms with Crippen molar-refractivity contribution in [1.29, 1.82) is 0 Å². The lowest BCUT2D eigenvalue weighted by atomic mass is 9.84. The Kier molecular flexibility index (Phi) is 5.45. The van der Waals surface area contributed by atoms with Crippen LogP contribution in [-0.4, -0.2) is 35.5 Å². The molecule has 1 aliphatic carbocycles. The van der Waals surface area contributed by atoms with Crippen LogP contribution in [0.5, 0.6) is 0 Å². The number of aliphatic hydroxyl groups excluding tert-OH is 2. The van der Waals surface area contributed by atoms with Crippen LogP contribution in [-0.2, 0) is 0 Å². The van der Waals surface area contributed by atoms with E-state index in [-0.39, 0.29) is 19.3 Å². The van der Waals surface area contributed by atoms with Gasteiger partial charge in [0.15, 0.2) is 0 Å². The van der Waals surface area contributed by atoms with E-state index in [0.29, 0.717) is 6.04 Å². The van der Waals surface area contributed by atoms with Crippen molar-refractivity contribution >= 4 is 0 Å². The van der Waals surface area contributed by atoms with Gasteiger partial charge in [-0.15, -0.1) is 0 Å². The fraction of sp³-hybridized carbons (Fsp3) is 1.00. The van der Waals surface area contributed by atoms with E-state index in [1.807, 2.05) is 0 Å². The zero-order chi connectivity index (χ0) is 10.4. The first-order chi connectivity index (χ1) is 6.80. The summed E-state index contributed by atoms with van der Waals surface area (Å²) in [6.45, 7) is 2.30. The molecule has 0 amide bonds. The second-order valence-electron chi connectivity index (χ2n) is 4.37. The predicted molar refractivity (Wildman–Crippen MR) is 57.1 cm³/mol. The summed E-state index contributed by atoms with van der Waals surface area (Å²) in [5.41, 5.74) is 0. The van der Waals surface area contributed by atoms with Crippen molar-refractivity contribution in [1.82, 2.24) is 5.32 Å². The minimum Gasteiger partial charge on any atom is -0.395 e. The molecule has 2 atom stereocenters. The highest BCUT2D eigenvalue weighted by molar-refractivity contribution is 4.80. The Morgan fingerprint density at radius 1 is 1.29 bits per heavy atom. The molecule has 3 nitrogen and oxygen atoms in total. The molecule has 0 radical (unpaired) electrons. The quantitative estimate of drug-likeness (QED) is 0.619. The number of hydrogen-bond donors (Lipinski definition) is 3. The fourth-order valence-electron chi connectivity index (χ4n) is 2.31. The SMILES string of the molecule is CCC1CCCC(NC(CO)CO)C1. The standard InChI is InChI=1S/C11H23NO2/c1-2-9-4-3-5-10(6-9)12-11(7-13)8-14/h9-14H,2-8H2,1H3. The van der Waals surface area contributed by atoms with Crippen molar-refractivity contribution in [2.24, 2.45) is 5.92 Å². The van der Waals surface area contributed by atoms with Crippen molar-refractivity contribution in [3.8, 4) is 0 Å². The Balaban J connectivity index is 2.29. The summed E-state index contributed by atoms with van der Waals surface area (Å²) in [5, 5.41) is 21.2. The molecule has 1 fully saturated rings. The van der Waals surface area contributed by atoms with Gasteiger partial charge in [0.2, 0.25) is 0 Å². The van der Waals surface area contributed by atoms with Crippen LogP contribution in [0.3, 0.4) is 0 Å². The summed E-state index contributed by atoms with van der Waals surface area (Å²) in [6.07, 6.45) is 6.26. The minimum atomic E-state index is -0.129. The minimum absolute atomic E-state index is 0.0315. The Morgan fingerprint density at radius 3 is 2.57 bits per heavy atom. The molecule has 1 aliphatic rings. The average Bonchev–Trinajstić information content (AvgIpc) is 2.26. The van der Waals surface area contributed by atoms with E-state index >= 15 is 0 Å². The molecule has 3 N–H and O–H groups in total. The van der Waals surface area contributed by atoms with Gasteiger partial charge in [0.05, 0.1) is 19.3 Å². The molecule has 0 aromatic heterocycles. The van der Waals surface area contributed by atoms with Crippen LogP contribution in [0.25, 0.3) is 0 Å². The Bertz CT molecular complexity index is 148. The molecule has 0 heterocycles. The number of aliphatic hydroxyl groups is 2. The first-order valence-corrected chi connectivity index (χ1v) is 5.77. The fourth-order valence-corrected chi connectivity index (χ4v) is 2.31. The third kappa shape index (κ3) is 3.56. The molecule has 1 saturated carbocycles. The van der Waals surface area contributed by atoms with Crippen molar-refractivity contribution in [3.05, 3.63) is 0 Å². The normalized spacial score (nSPS) is 28.3. The van der Waals surface area contributed by atoms with Crippen LogP contribution in [0, 0.1) is 5.92 Å². The lowest BCUT2D eigenvalue weighted by molar-refractivity contribution is 0.147.